The van der Waals surface area contributed by atoms with Gasteiger partial charge in [-0.15, -0.1) is 0 Å². The summed E-state index contributed by atoms with van der Waals surface area (Å²) in [6.45, 7) is 4.41. The molecule has 0 bridgehead atoms. The van der Waals surface area contributed by atoms with E-state index in [2.05, 4.69) is 24.1 Å². The third kappa shape index (κ3) is 2.67. The van der Waals surface area contributed by atoms with Crippen molar-refractivity contribution in [2.45, 2.75) is 51.2 Å². The molecule has 1 saturated carbocycles. The zero-order valence-corrected chi connectivity index (χ0v) is 13.1. The lowest BCUT2D eigenvalue weighted by Crippen LogP contribution is -2.47. The number of nitrogens with one attached hydrogen (secondary N) is 1. The largest absolute Gasteiger partial charge is 0.383 e. The second kappa shape index (κ2) is 6.10. The van der Waals surface area contributed by atoms with E-state index in [4.69, 9.17) is 10.5 Å². The second-order valence-electron chi connectivity index (χ2n) is 6.10. The van der Waals surface area contributed by atoms with Crippen LogP contribution in [-0.2, 0) is 4.74 Å². The Hall–Kier alpha value is -1.13. The SMILES string of the molecule is CNC(c1c(C)ccnc1N)C1(OC)CCC(C)CC1. The molecule has 1 aromatic rings. The van der Waals surface area contributed by atoms with Gasteiger partial charge in [0.15, 0.2) is 0 Å². The fourth-order valence-corrected chi connectivity index (χ4v) is 3.50. The molecule has 112 valence electrons. The lowest BCUT2D eigenvalue weighted by molar-refractivity contribution is -0.0745. The summed E-state index contributed by atoms with van der Waals surface area (Å²) in [6.07, 6.45) is 6.29. The van der Waals surface area contributed by atoms with Gasteiger partial charge in [-0.2, -0.15) is 0 Å². The van der Waals surface area contributed by atoms with Gasteiger partial charge in [-0.25, -0.2) is 4.98 Å². The summed E-state index contributed by atoms with van der Waals surface area (Å²) in [5, 5.41) is 3.43. The van der Waals surface area contributed by atoms with Gasteiger partial charge in [0, 0.05) is 18.9 Å². The molecule has 1 atom stereocenters. The molecule has 4 heteroatoms. The summed E-state index contributed by atoms with van der Waals surface area (Å²) in [5.74, 6) is 1.39. The number of rotatable bonds is 4. The predicted molar refractivity (Wildman–Crippen MR) is 82.6 cm³/mol. The predicted octanol–water partition coefficient (Wildman–Crippen LogP) is 2.83. The van der Waals surface area contributed by atoms with E-state index in [1.807, 2.05) is 20.2 Å². The van der Waals surface area contributed by atoms with Crippen molar-refractivity contribution in [1.82, 2.24) is 10.3 Å². The molecule has 4 nitrogen and oxygen atoms in total. The van der Waals surface area contributed by atoms with Gasteiger partial charge < -0.3 is 15.8 Å². The molecule has 0 aromatic carbocycles. The molecular weight excluding hydrogens is 250 g/mol. The van der Waals surface area contributed by atoms with E-state index in [0.717, 1.165) is 24.3 Å². The van der Waals surface area contributed by atoms with Crippen LogP contribution in [0.25, 0.3) is 0 Å². The van der Waals surface area contributed by atoms with Crippen LogP contribution in [0.3, 0.4) is 0 Å². The maximum Gasteiger partial charge on any atom is 0.128 e. The Morgan fingerprint density at radius 1 is 1.45 bits per heavy atom. The minimum Gasteiger partial charge on any atom is -0.383 e. The van der Waals surface area contributed by atoms with Gasteiger partial charge in [0.25, 0.3) is 0 Å². The molecule has 0 spiro atoms. The summed E-state index contributed by atoms with van der Waals surface area (Å²) in [7, 11) is 3.80. The van der Waals surface area contributed by atoms with E-state index in [1.165, 1.54) is 18.4 Å². The highest BCUT2D eigenvalue weighted by Gasteiger charge is 2.43. The van der Waals surface area contributed by atoms with Crippen LogP contribution in [0.4, 0.5) is 5.82 Å². The molecule has 1 aliphatic rings. The maximum atomic E-state index is 6.14. The van der Waals surface area contributed by atoms with Crippen LogP contribution < -0.4 is 11.1 Å². The van der Waals surface area contributed by atoms with Gasteiger partial charge in [0.1, 0.15) is 5.82 Å². The Labute approximate surface area is 122 Å². The Bertz CT molecular complexity index is 433. The first kappa shape index (κ1) is 15.3. The summed E-state index contributed by atoms with van der Waals surface area (Å²) < 4.78 is 6.00. The fraction of sp³-hybridized carbons (Fsp3) is 0.688. The Kier molecular flexibility index (Phi) is 4.66. The highest BCUT2D eigenvalue weighted by atomic mass is 16.5. The number of nitrogens with two attached hydrogens (primary N) is 1. The molecule has 20 heavy (non-hydrogen) atoms. The molecule has 1 aromatic heterocycles. The third-order valence-corrected chi connectivity index (χ3v) is 4.87. The molecule has 0 saturated heterocycles. The quantitative estimate of drug-likeness (QED) is 0.888. The fourth-order valence-electron chi connectivity index (χ4n) is 3.50. The van der Waals surface area contributed by atoms with Crippen molar-refractivity contribution in [3.05, 3.63) is 23.4 Å². The normalized spacial score (nSPS) is 28.3. The first-order chi connectivity index (χ1) is 9.54. The molecule has 3 N–H and O–H groups in total. The zero-order valence-electron chi connectivity index (χ0n) is 13.1. The van der Waals surface area contributed by atoms with Crippen molar-refractivity contribution in [3.8, 4) is 0 Å². The molecule has 0 aliphatic heterocycles. The van der Waals surface area contributed by atoms with Crippen molar-refractivity contribution >= 4 is 5.82 Å². The Morgan fingerprint density at radius 3 is 2.60 bits per heavy atom. The van der Waals surface area contributed by atoms with Crippen LogP contribution in [0, 0.1) is 12.8 Å². The van der Waals surface area contributed by atoms with Crippen molar-refractivity contribution in [2.24, 2.45) is 5.92 Å². The van der Waals surface area contributed by atoms with Gasteiger partial charge in [-0.3, -0.25) is 0 Å². The van der Waals surface area contributed by atoms with Crippen molar-refractivity contribution < 1.29 is 4.74 Å². The molecule has 1 fully saturated rings. The summed E-state index contributed by atoms with van der Waals surface area (Å²) in [6, 6.07) is 2.11. The first-order valence-corrected chi connectivity index (χ1v) is 7.47. The Balaban J connectivity index is 2.40. The summed E-state index contributed by atoms with van der Waals surface area (Å²) in [4.78, 5) is 4.27. The van der Waals surface area contributed by atoms with Crippen LogP contribution in [0.1, 0.15) is 49.8 Å². The number of anilines is 1. The van der Waals surface area contributed by atoms with Gasteiger partial charge in [-0.05, 0) is 57.2 Å². The van der Waals surface area contributed by atoms with Gasteiger partial charge in [0.2, 0.25) is 0 Å². The molecule has 1 heterocycles. The second-order valence-corrected chi connectivity index (χ2v) is 6.10. The molecule has 0 radical (unpaired) electrons. The van der Waals surface area contributed by atoms with E-state index in [-0.39, 0.29) is 11.6 Å². The minimum atomic E-state index is -0.177. The number of pyridine rings is 1. The molecule has 2 rings (SSSR count). The van der Waals surface area contributed by atoms with Crippen molar-refractivity contribution in [1.29, 1.82) is 0 Å². The molecule has 1 aliphatic carbocycles. The molecular formula is C16H27N3O. The van der Waals surface area contributed by atoms with Crippen LogP contribution in [-0.4, -0.2) is 24.7 Å². The topological polar surface area (TPSA) is 60.2 Å². The number of nitrogens with zero attached hydrogens (tertiary/aromatic N) is 1. The maximum absolute atomic E-state index is 6.14. The number of aromatic nitrogens is 1. The number of methoxy groups -OCH3 is 1. The van der Waals surface area contributed by atoms with Crippen LogP contribution in [0.2, 0.25) is 0 Å². The molecule has 0 amide bonds. The number of hydrogen-bond acceptors (Lipinski definition) is 4. The van der Waals surface area contributed by atoms with Crippen LogP contribution in [0.5, 0.6) is 0 Å². The van der Waals surface area contributed by atoms with Gasteiger partial charge in [-0.1, -0.05) is 6.92 Å². The number of nitrogen functional groups attached to an aromatic ring is 1. The number of ether oxygens (including phenoxy) is 1. The van der Waals surface area contributed by atoms with Gasteiger partial charge in [0.05, 0.1) is 11.6 Å². The van der Waals surface area contributed by atoms with E-state index in [0.29, 0.717) is 5.82 Å². The minimum absolute atomic E-state index is 0.0914. The summed E-state index contributed by atoms with van der Waals surface area (Å²) >= 11 is 0. The highest BCUT2D eigenvalue weighted by Crippen LogP contribution is 2.44. The lowest BCUT2D eigenvalue weighted by Gasteiger charge is -2.44. The average Bonchev–Trinajstić information content (AvgIpc) is 2.45. The average molecular weight is 277 g/mol. The number of hydrogen-bond donors (Lipinski definition) is 2. The highest BCUT2D eigenvalue weighted by molar-refractivity contribution is 5.47. The third-order valence-electron chi connectivity index (χ3n) is 4.87. The number of likely N-dealkylation sites (N-methyl/N-ethyl adjacent to an activating group) is 1. The summed E-state index contributed by atoms with van der Waals surface area (Å²) in [5.41, 5.74) is 8.22. The van der Waals surface area contributed by atoms with E-state index < -0.39 is 0 Å². The molecule has 1 unspecified atom stereocenters. The van der Waals surface area contributed by atoms with Crippen molar-refractivity contribution in [3.63, 3.8) is 0 Å². The standard InChI is InChI=1S/C16H27N3O/c1-11-5-8-16(20-4,9-6-11)14(18-3)13-12(2)7-10-19-15(13)17/h7,10-11,14,18H,5-6,8-9H2,1-4H3,(H2,17,19). The zero-order chi connectivity index (χ0) is 14.8. The monoisotopic (exact) mass is 277 g/mol. The van der Waals surface area contributed by atoms with E-state index in [1.54, 1.807) is 6.20 Å². The van der Waals surface area contributed by atoms with Crippen LogP contribution >= 0.6 is 0 Å². The van der Waals surface area contributed by atoms with E-state index in [9.17, 15) is 0 Å². The van der Waals surface area contributed by atoms with E-state index >= 15 is 0 Å². The first-order valence-electron chi connectivity index (χ1n) is 7.47. The van der Waals surface area contributed by atoms with Crippen LogP contribution in [0.15, 0.2) is 12.3 Å². The Morgan fingerprint density at radius 2 is 2.10 bits per heavy atom. The lowest BCUT2D eigenvalue weighted by atomic mass is 9.73. The number of aryl methyl sites for hydroxylation is 1. The van der Waals surface area contributed by atoms with Crippen molar-refractivity contribution in [2.75, 3.05) is 19.9 Å². The van der Waals surface area contributed by atoms with Gasteiger partial charge >= 0.3 is 0 Å². The smallest absolute Gasteiger partial charge is 0.128 e.